The van der Waals surface area contributed by atoms with E-state index in [1.807, 2.05) is 0 Å². The number of ether oxygens (including phenoxy) is 1. The van der Waals surface area contributed by atoms with Gasteiger partial charge in [-0.1, -0.05) is 0 Å². The molecule has 0 spiro atoms. The Kier molecular flexibility index (Phi) is 3.42. The first-order valence-corrected chi connectivity index (χ1v) is 6.93. The smallest absolute Gasteiger partial charge is 0.242 e. The Morgan fingerprint density at radius 1 is 1.26 bits per heavy atom. The first-order valence-electron chi connectivity index (χ1n) is 6.93. The van der Waals surface area contributed by atoms with Gasteiger partial charge in [0.05, 0.1) is 7.11 Å². The fourth-order valence-corrected chi connectivity index (χ4v) is 3.18. The Morgan fingerprint density at radius 2 is 2.11 bits per heavy atom. The standard InChI is InChI=1S/C13H21N5O/c1-19-13-11(14)12(15-9-16-13)18-7-3-6-17-5-2-4-10(17)8-18/h9-10H,2-8,14H2,1H3. The van der Waals surface area contributed by atoms with Crippen LogP contribution in [0.25, 0.3) is 0 Å². The molecule has 1 aromatic rings. The van der Waals surface area contributed by atoms with Crippen molar-refractivity contribution in [2.24, 2.45) is 0 Å². The van der Waals surface area contributed by atoms with Crippen LogP contribution in [0.4, 0.5) is 11.5 Å². The quantitative estimate of drug-likeness (QED) is 0.849. The summed E-state index contributed by atoms with van der Waals surface area (Å²) in [5, 5.41) is 0. The van der Waals surface area contributed by atoms with Gasteiger partial charge in [-0.15, -0.1) is 0 Å². The van der Waals surface area contributed by atoms with E-state index in [1.165, 1.54) is 32.3 Å². The lowest BCUT2D eigenvalue weighted by atomic mass is 10.2. The maximum absolute atomic E-state index is 6.11. The lowest BCUT2D eigenvalue weighted by molar-refractivity contribution is 0.273. The molecule has 0 amide bonds. The third-order valence-electron chi connectivity index (χ3n) is 4.12. The molecule has 1 unspecified atom stereocenters. The molecule has 2 saturated heterocycles. The van der Waals surface area contributed by atoms with Crippen LogP contribution in [0.5, 0.6) is 5.88 Å². The van der Waals surface area contributed by atoms with Crippen LogP contribution >= 0.6 is 0 Å². The molecule has 6 nitrogen and oxygen atoms in total. The van der Waals surface area contributed by atoms with Gasteiger partial charge in [-0.05, 0) is 25.8 Å². The highest BCUT2D eigenvalue weighted by molar-refractivity contribution is 5.67. The monoisotopic (exact) mass is 263 g/mol. The summed E-state index contributed by atoms with van der Waals surface area (Å²) in [6, 6.07) is 0.642. The lowest BCUT2D eigenvalue weighted by Gasteiger charge is -2.27. The minimum atomic E-state index is 0.470. The van der Waals surface area contributed by atoms with Crippen molar-refractivity contribution >= 4 is 11.5 Å². The van der Waals surface area contributed by atoms with Crippen LogP contribution in [0.2, 0.25) is 0 Å². The largest absolute Gasteiger partial charge is 0.479 e. The van der Waals surface area contributed by atoms with Crippen molar-refractivity contribution in [1.29, 1.82) is 0 Å². The number of hydrogen-bond acceptors (Lipinski definition) is 6. The molecular formula is C13H21N5O. The van der Waals surface area contributed by atoms with E-state index in [0.717, 1.165) is 25.3 Å². The van der Waals surface area contributed by atoms with Crippen LogP contribution < -0.4 is 15.4 Å². The maximum atomic E-state index is 6.11. The normalized spacial score (nSPS) is 24.1. The van der Waals surface area contributed by atoms with Gasteiger partial charge in [0.2, 0.25) is 5.88 Å². The molecule has 0 radical (unpaired) electrons. The van der Waals surface area contributed by atoms with E-state index >= 15 is 0 Å². The van der Waals surface area contributed by atoms with Gasteiger partial charge in [0, 0.05) is 25.7 Å². The number of nitrogens with zero attached hydrogens (tertiary/aromatic N) is 4. The van der Waals surface area contributed by atoms with E-state index in [-0.39, 0.29) is 0 Å². The zero-order chi connectivity index (χ0) is 13.2. The highest BCUT2D eigenvalue weighted by Gasteiger charge is 2.30. The van der Waals surface area contributed by atoms with E-state index in [4.69, 9.17) is 10.5 Å². The second-order valence-electron chi connectivity index (χ2n) is 5.25. The Labute approximate surface area is 113 Å². The molecule has 3 rings (SSSR count). The molecule has 104 valence electrons. The average molecular weight is 263 g/mol. The third kappa shape index (κ3) is 2.32. The predicted octanol–water partition coefficient (Wildman–Crippen LogP) is 0.742. The van der Waals surface area contributed by atoms with Crippen LogP contribution in [0, 0.1) is 0 Å². The minimum Gasteiger partial charge on any atom is -0.479 e. The molecule has 0 saturated carbocycles. The summed E-state index contributed by atoms with van der Waals surface area (Å²) < 4.78 is 5.18. The number of hydrogen-bond donors (Lipinski definition) is 1. The number of aromatic nitrogens is 2. The highest BCUT2D eigenvalue weighted by atomic mass is 16.5. The molecule has 6 heteroatoms. The van der Waals surface area contributed by atoms with Gasteiger partial charge in [-0.3, -0.25) is 4.90 Å². The zero-order valence-electron chi connectivity index (χ0n) is 11.4. The van der Waals surface area contributed by atoms with Crippen molar-refractivity contribution in [1.82, 2.24) is 14.9 Å². The molecule has 2 aliphatic rings. The zero-order valence-corrected chi connectivity index (χ0v) is 11.4. The van der Waals surface area contributed by atoms with Gasteiger partial charge in [-0.25, -0.2) is 4.98 Å². The molecular weight excluding hydrogens is 242 g/mol. The summed E-state index contributed by atoms with van der Waals surface area (Å²) in [5.74, 6) is 1.29. The second-order valence-corrected chi connectivity index (χ2v) is 5.25. The van der Waals surface area contributed by atoms with Crippen molar-refractivity contribution in [3.8, 4) is 5.88 Å². The van der Waals surface area contributed by atoms with Crippen molar-refractivity contribution in [2.45, 2.75) is 25.3 Å². The van der Waals surface area contributed by atoms with Gasteiger partial charge in [0.25, 0.3) is 0 Å². The summed E-state index contributed by atoms with van der Waals surface area (Å²) >= 11 is 0. The van der Waals surface area contributed by atoms with Gasteiger partial charge in [0.15, 0.2) is 5.82 Å². The minimum absolute atomic E-state index is 0.470. The first-order chi connectivity index (χ1) is 9.29. The Morgan fingerprint density at radius 3 is 2.95 bits per heavy atom. The number of methoxy groups -OCH3 is 1. The summed E-state index contributed by atoms with van der Waals surface area (Å²) in [4.78, 5) is 13.3. The molecule has 0 aliphatic carbocycles. The number of fused-ring (bicyclic) bond motifs is 1. The fourth-order valence-electron chi connectivity index (χ4n) is 3.18. The lowest BCUT2D eigenvalue weighted by Crippen LogP contribution is -2.37. The van der Waals surface area contributed by atoms with Crippen LogP contribution in [-0.2, 0) is 0 Å². The molecule has 2 aliphatic heterocycles. The highest BCUT2D eigenvalue weighted by Crippen LogP contribution is 2.30. The number of anilines is 2. The van der Waals surface area contributed by atoms with Crippen molar-refractivity contribution in [3.05, 3.63) is 6.33 Å². The van der Waals surface area contributed by atoms with E-state index in [0.29, 0.717) is 17.6 Å². The predicted molar refractivity (Wildman–Crippen MR) is 74.4 cm³/mol. The second kappa shape index (κ2) is 5.21. The van der Waals surface area contributed by atoms with E-state index in [1.54, 1.807) is 7.11 Å². The average Bonchev–Trinajstić information content (AvgIpc) is 2.77. The van der Waals surface area contributed by atoms with Gasteiger partial charge < -0.3 is 15.4 Å². The third-order valence-corrected chi connectivity index (χ3v) is 4.12. The SMILES string of the molecule is COc1ncnc(N2CCCN3CCCC3C2)c1N. The topological polar surface area (TPSA) is 67.5 Å². The van der Waals surface area contributed by atoms with Crippen molar-refractivity contribution in [3.63, 3.8) is 0 Å². The Hall–Kier alpha value is -1.56. The Bertz CT molecular complexity index is 453. The van der Waals surface area contributed by atoms with Gasteiger partial charge >= 0.3 is 0 Å². The van der Waals surface area contributed by atoms with Crippen LogP contribution in [0.1, 0.15) is 19.3 Å². The fraction of sp³-hybridized carbons (Fsp3) is 0.692. The van der Waals surface area contributed by atoms with Crippen LogP contribution in [0.15, 0.2) is 6.33 Å². The van der Waals surface area contributed by atoms with E-state index < -0.39 is 0 Å². The van der Waals surface area contributed by atoms with E-state index in [2.05, 4.69) is 19.8 Å². The Balaban J connectivity index is 1.85. The van der Waals surface area contributed by atoms with Crippen LogP contribution in [-0.4, -0.2) is 54.2 Å². The van der Waals surface area contributed by atoms with Gasteiger partial charge in [-0.2, -0.15) is 4.98 Å². The molecule has 19 heavy (non-hydrogen) atoms. The summed E-state index contributed by atoms with van der Waals surface area (Å²) in [6.45, 7) is 4.42. The number of rotatable bonds is 2. The summed E-state index contributed by atoms with van der Waals surface area (Å²) in [7, 11) is 1.59. The van der Waals surface area contributed by atoms with Crippen LogP contribution in [0.3, 0.4) is 0 Å². The molecule has 0 aromatic carbocycles. The molecule has 1 aromatic heterocycles. The molecule has 2 N–H and O–H groups in total. The molecule has 3 heterocycles. The maximum Gasteiger partial charge on any atom is 0.242 e. The van der Waals surface area contributed by atoms with Gasteiger partial charge in [0.1, 0.15) is 12.0 Å². The summed E-state index contributed by atoms with van der Waals surface area (Å²) in [5.41, 5.74) is 6.66. The van der Waals surface area contributed by atoms with Crippen molar-refractivity contribution in [2.75, 3.05) is 43.9 Å². The molecule has 2 fully saturated rings. The number of nitrogen functional groups attached to an aromatic ring is 1. The number of nitrogens with two attached hydrogens (primary N) is 1. The van der Waals surface area contributed by atoms with Crippen molar-refractivity contribution < 1.29 is 4.74 Å². The summed E-state index contributed by atoms with van der Waals surface area (Å²) in [6.07, 6.45) is 5.27. The van der Waals surface area contributed by atoms with E-state index in [9.17, 15) is 0 Å². The first kappa shape index (κ1) is 12.5. The molecule has 1 atom stereocenters. The molecule has 0 bridgehead atoms.